The quantitative estimate of drug-likeness (QED) is 0.909. The van der Waals surface area contributed by atoms with E-state index >= 15 is 0 Å². The van der Waals surface area contributed by atoms with Crippen LogP contribution in [0.25, 0.3) is 0 Å². The highest BCUT2D eigenvalue weighted by Gasteiger charge is 2.14. The Morgan fingerprint density at radius 2 is 2.10 bits per heavy atom. The van der Waals surface area contributed by atoms with E-state index in [1.807, 2.05) is 0 Å². The largest absolute Gasteiger partial charge is 0.494 e. The van der Waals surface area contributed by atoms with Gasteiger partial charge in [-0.3, -0.25) is 9.59 Å². The lowest BCUT2D eigenvalue weighted by atomic mass is 10.2. The van der Waals surface area contributed by atoms with Crippen LogP contribution < -0.4 is 15.4 Å². The van der Waals surface area contributed by atoms with Crippen molar-refractivity contribution in [1.82, 2.24) is 4.98 Å². The standard InChI is InChI=1S/C13H12FN3O3S/c1-7(18)15-13-17-10(6-21-13)12(19)16-9-4-3-8(14)5-11(9)20-2/h3-6H,1-2H3,(H,16,19)(H,15,17,18). The van der Waals surface area contributed by atoms with Crippen LogP contribution in [0.4, 0.5) is 15.2 Å². The van der Waals surface area contributed by atoms with Crippen LogP contribution >= 0.6 is 11.3 Å². The van der Waals surface area contributed by atoms with E-state index in [0.717, 1.165) is 11.3 Å². The van der Waals surface area contributed by atoms with Crippen molar-refractivity contribution >= 4 is 34.0 Å². The Kier molecular flexibility index (Phi) is 4.49. The number of rotatable bonds is 4. The summed E-state index contributed by atoms with van der Waals surface area (Å²) in [4.78, 5) is 26.9. The van der Waals surface area contributed by atoms with Gasteiger partial charge in [0.1, 0.15) is 17.3 Å². The lowest BCUT2D eigenvalue weighted by Crippen LogP contribution is -2.13. The van der Waals surface area contributed by atoms with Crippen molar-refractivity contribution in [2.24, 2.45) is 0 Å². The second-order valence-electron chi connectivity index (χ2n) is 4.02. The number of anilines is 2. The van der Waals surface area contributed by atoms with Gasteiger partial charge in [-0.05, 0) is 12.1 Å². The second kappa shape index (κ2) is 6.31. The van der Waals surface area contributed by atoms with E-state index in [4.69, 9.17) is 4.74 Å². The van der Waals surface area contributed by atoms with Gasteiger partial charge in [0.05, 0.1) is 12.8 Å². The van der Waals surface area contributed by atoms with Crippen molar-refractivity contribution in [3.05, 3.63) is 35.1 Å². The smallest absolute Gasteiger partial charge is 0.275 e. The van der Waals surface area contributed by atoms with Gasteiger partial charge in [0, 0.05) is 18.4 Å². The first-order valence-electron chi connectivity index (χ1n) is 5.87. The first-order chi connectivity index (χ1) is 9.99. The number of benzene rings is 1. The molecule has 21 heavy (non-hydrogen) atoms. The number of methoxy groups -OCH3 is 1. The third-order valence-corrected chi connectivity index (χ3v) is 3.19. The predicted octanol–water partition coefficient (Wildman–Crippen LogP) is 2.50. The molecule has 0 unspecified atom stereocenters. The molecule has 0 saturated carbocycles. The fraction of sp³-hybridized carbons (Fsp3) is 0.154. The molecule has 0 bridgehead atoms. The van der Waals surface area contributed by atoms with E-state index in [0.29, 0.717) is 10.8 Å². The van der Waals surface area contributed by atoms with E-state index in [1.165, 1.54) is 37.6 Å². The summed E-state index contributed by atoms with van der Waals surface area (Å²) in [5, 5.41) is 6.90. The molecule has 2 N–H and O–H groups in total. The van der Waals surface area contributed by atoms with Crippen LogP contribution in [0, 0.1) is 5.82 Å². The lowest BCUT2D eigenvalue weighted by Gasteiger charge is -2.09. The number of halogens is 1. The third-order valence-electron chi connectivity index (χ3n) is 2.43. The SMILES string of the molecule is COc1cc(F)ccc1NC(=O)c1csc(NC(C)=O)n1. The number of hydrogen-bond acceptors (Lipinski definition) is 5. The zero-order chi connectivity index (χ0) is 15.4. The van der Waals surface area contributed by atoms with Crippen LogP contribution in [0.5, 0.6) is 5.75 Å². The van der Waals surface area contributed by atoms with Gasteiger partial charge < -0.3 is 15.4 Å². The Labute approximate surface area is 124 Å². The normalized spacial score (nSPS) is 10.0. The minimum Gasteiger partial charge on any atom is -0.494 e. The van der Waals surface area contributed by atoms with Crippen molar-refractivity contribution in [3.63, 3.8) is 0 Å². The molecule has 2 aromatic rings. The van der Waals surface area contributed by atoms with Crippen LogP contribution in [-0.4, -0.2) is 23.9 Å². The summed E-state index contributed by atoms with van der Waals surface area (Å²) in [5.74, 6) is -1.00. The number of nitrogens with one attached hydrogen (secondary N) is 2. The molecule has 0 spiro atoms. The minimum atomic E-state index is -0.479. The Morgan fingerprint density at radius 3 is 2.76 bits per heavy atom. The molecule has 2 amide bonds. The number of aromatic nitrogens is 1. The molecular formula is C13H12FN3O3S. The van der Waals surface area contributed by atoms with Crippen molar-refractivity contribution in [1.29, 1.82) is 0 Å². The van der Waals surface area contributed by atoms with Crippen LogP contribution in [-0.2, 0) is 4.79 Å². The molecule has 1 aromatic carbocycles. The second-order valence-corrected chi connectivity index (χ2v) is 4.88. The number of thiazole rings is 1. The van der Waals surface area contributed by atoms with Crippen LogP contribution in [0.3, 0.4) is 0 Å². The molecule has 2 rings (SSSR count). The molecule has 0 fully saturated rings. The molecule has 6 nitrogen and oxygen atoms in total. The summed E-state index contributed by atoms with van der Waals surface area (Å²) in [5.41, 5.74) is 0.480. The van der Waals surface area contributed by atoms with E-state index in [1.54, 1.807) is 0 Å². The Morgan fingerprint density at radius 1 is 1.33 bits per heavy atom. The average molecular weight is 309 g/mol. The number of amides is 2. The number of hydrogen-bond donors (Lipinski definition) is 2. The maximum absolute atomic E-state index is 13.1. The lowest BCUT2D eigenvalue weighted by molar-refractivity contribution is -0.114. The molecular weight excluding hydrogens is 297 g/mol. The molecule has 110 valence electrons. The highest BCUT2D eigenvalue weighted by Crippen LogP contribution is 2.26. The van der Waals surface area contributed by atoms with Gasteiger partial charge in [-0.1, -0.05) is 0 Å². The highest BCUT2D eigenvalue weighted by molar-refractivity contribution is 7.14. The molecule has 0 atom stereocenters. The zero-order valence-electron chi connectivity index (χ0n) is 11.3. The van der Waals surface area contributed by atoms with E-state index in [2.05, 4.69) is 15.6 Å². The Hall–Kier alpha value is -2.48. The summed E-state index contributed by atoms with van der Waals surface area (Å²) in [6.45, 7) is 1.35. The van der Waals surface area contributed by atoms with Gasteiger partial charge >= 0.3 is 0 Å². The van der Waals surface area contributed by atoms with Gasteiger partial charge in [-0.15, -0.1) is 11.3 Å². The molecule has 8 heteroatoms. The molecule has 0 aliphatic rings. The summed E-state index contributed by atoms with van der Waals surface area (Å²) in [6, 6.07) is 3.77. The first-order valence-corrected chi connectivity index (χ1v) is 6.75. The summed E-state index contributed by atoms with van der Waals surface area (Å²) >= 11 is 1.13. The molecule has 0 radical (unpaired) electrons. The van der Waals surface area contributed by atoms with Gasteiger partial charge in [-0.2, -0.15) is 0 Å². The van der Waals surface area contributed by atoms with Crippen molar-refractivity contribution < 1.29 is 18.7 Å². The minimum absolute atomic E-state index is 0.148. The number of nitrogens with zero attached hydrogens (tertiary/aromatic N) is 1. The van der Waals surface area contributed by atoms with Gasteiger partial charge in [0.2, 0.25) is 5.91 Å². The molecule has 1 heterocycles. The van der Waals surface area contributed by atoms with Gasteiger partial charge in [0.15, 0.2) is 5.13 Å². The van der Waals surface area contributed by atoms with Crippen LogP contribution in [0.15, 0.2) is 23.6 Å². The topological polar surface area (TPSA) is 80.3 Å². The van der Waals surface area contributed by atoms with Gasteiger partial charge in [-0.25, -0.2) is 9.37 Å². The summed E-state index contributed by atoms with van der Waals surface area (Å²) in [6.07, 6.45) is 0. The molecule has 0 saturated heterocycles. The third kappa shape index (κ3) is 3.76. The maximum Gasteiger partial charge on any atom is 0.275 e. The molecule has 0 aliphatic carbocycles. The van der Waals surface area contributed by atoms with E-state index < -0.39 is 11.7 Å². The van der Waals surface area contributed by atoms with E-state index in [9.17, 15) is 14.0 Å². The number of carbonyl (C=O) groups is 2. The van der Waals surface area contributed by atoms with Gasteiger partial charge in [0.25, 0.3) is 5.91 Å². The van der Waals surface area contributed by atoms with E-state index in [-0.39, 0.29) is 17.4 Å². The van der Waals surface area contributed by atoms with Crippen LogP contribution in [0.1, 0.15) is 17.4 Å². The number of ether oxygens (including phenoxy) is 1. The molecule has 0 aliphatic heterocycles. The van der Waals surface area contributed by atoms with Crippen LogP contribution in [0.2, 0.25) is 0 Å². The summed E-state index contributed by atoms with van der Waals surface area (Å²) in [7, 11) is 1.38. The summed E-state index contributed by atoms with van der Waals surface area (Å²) < 4.78 is 18.1. The van der Waals surface area contributed by atoms with Crippen molar-refractivity contribution in [3.8, 4) is 5.75 Å². The fourth-order valence-corrected chi connectivity index (χ4v) is 2.28. The maximum atomic E-state index is 13.1. The monoisotopic (exact) mass is 309 g/mol. The van der Waals surface area contributed by atoms with Crippen molar-refractivity contribution in [2.45, 2.75) is 6.92 Å². The first kappa shape index (κ1) is 14.9. The average Bonchev–Trinajstić information content (AvgIpc) is 2.88. The molecule has 1 aromatic heterocycles. The predicted molar refractivity (Wildman–Crippen MR) is 77.3 cm³/mol. The Balaban J connectivity index is 2.14. The zero-order valence-corrected chi connectivity index (χ0v) is 12.1. The number of carbonyl (C=O) groups excluding carboxylic acids is 2. The fourth-order valence-electron chi connectivity index (χ4n) is 1.54. The Bertz CT molecular complexity index is 687. The van der Waals surface area contributed by atoms with Crippen molar-refractivity contribution in [2.75, 3.05) is 17.7 Å². The highest BCUT2D eigenvalue weighted by atomic mass is 32.1.